The van der Waals surface area contributed by atoms with E-state index in [1.165, 1.54) is 11.8 Å². The third kappa shape index (κ3) is 3.26. The largest absolute Gasteiger partial charge is 0.376 e. The van der Waals surface area contributed by atoms with Gasteiger partial charge in [-0.2, -0.15) is 0 Å². The van der Waals surface area contributed by atoms with Crippen LogP contribution in [0.4, 0.5) is 0 Å². The summed E-state index contributed by atoms with van der Waals surface area (Å²) in [6.07, 6.45) is 2.46. The zero-order valence-corrected chi connectivity index (χ0v) is 17.3. The predicted octanol–water partition coefficient (Wildman–Crippen LogP) is 3.78. The fraction of sp³-hybridized carbons (Fsp3) is 0.381. The number of ketones is 1. The van der Waals surface area contributed by atoms with Crippen molar-refractivity contribution in [3.05, 3.63) is 47.3 Å². The van der Waals surface area contributed by atoms with Gasteiger partial charge in [0.2, 0.25) is 5.78 Å². The molecule has 1 unspecified atom stereocenters. The first-order valence-corrected chi connectivity index (χ1v) is 10.9. The summed E-state index contributed by atoms with van der Waals surface area (Å²) in [5.41, 5.74) is 4.81. The molecule has 150 valence electrons. The molecule has 5 rings (SSSR count). The summed E-state index contributed by atoms with van der Waals surface area (Å²) in [6.45, 7) is 5.74. The average molecular weight is 410 g/mol. The quantitative estimate of drug-likeness (QED) is 0.387. The van der Waals surface area contributed by atoms with E-state index < -0.39 is 0 Å². The van der Waals surface area contributed by atoms with E-state index in [-0.39, 0.29) is 11.9 Å². The standard InChI is InChI=1S/C21H23N5O2S/c1-13-10-16(14(2)25(13)11-15-6-5-9-28-15)19(27)12-29-21-24-23-20-22-17-7-3-4-8-18(17)26(20)21/h3-4,7-8,10,15H,5-6,9,11-12H2,1-2H3,(H,22,23). The van der Waals surface area contributed by atoms with E-state index in [0.717, 1.165) is 59.1 Å². The molecule has 1 N–H and O–H groups in total. The first-order chi connectivity index (χ1) is 14.1. The fourth-order valence-electron chi connectivity index (χ4n) is 4.10. The second-order valence-electron chi connectivity index (χ2n) is 7.51. The summed E-state index contributed by atoms with van der Waals surface area (Å²) in [6, 6.07) is 9.92. The van der Waals surface area contributed by atoms with Crippen LogP contribution in [0, 0.1) is 13.8 Å². The Labute approximate surface area is 172 Å². The zero-order chi connectivity index (χ0) is 20.0. The number of rotatable bonds is 6. The zero-order valence-electron chi connectivity index (χ0n) is 16.5. The van der Waals surface area contributed by atoms with Crippen LogP contribution < -0.4 is 0 Å². The third-order valence-corrected chi connectivity index (χ3v) is 6.56. The molecule has 4 heterocycles. The van der Waals surface area contributed by atoms with E-state index in [9.17, 15) is 4.79 Å². The molecular weight excluding hydrogens is 386 g/mol. The van der Waals surface area contributed by atoms with E-state index in [4.69, 9.17) is 4.74 Å². The lowest BCUT2D eigenvalue weighted by Crippen LogP contribution is -2.17. The number of thioether (sulfide) groups is 1. The highest BCUT2D eigenvalue weighted by Gasteiger charge is 2.22. The maximum Gasteiger partial charge on any atom is 0.231 e. The van der Waals surface area contributed by atoms with Crippen molar-refractivity contribution in [3.8, 4) is 0 Å². The number of Topliss-reactive ketones (excluding diaryl/α,β-unsaturated/α-hetero) is 1. The maximum atomic E-state index is 13.0. The van der Waals surface area contributed by atoms with Gasteiger partial charge in [-0.05, 0) is 44.9 Å². The van der Waals surface area contributed by atoms with Gasteiger partial charge >= 0.3 is 0 Å². The number of aromatic nitrogens is 5. The lowest BCUT2D eigenvalue weighted by atomic mass is 10.2. The number of hydrogen-bond donors (Lipinski definition) is 1. The van der Waals surface area contributed by atoms with Crippen molar-refractivity contribution in [1.29, 1.82) is 0 Å². The van der Waals surface area contributed by atoms with Crippen LogP contribution in [0.3, 0.4) is 0 Å². The van der Waals surface area contributed by atoms with E-state index in [0.29, 0.717) is 11.5 Å². The number of nitrogens with zero attached hydrogens (tertiary/aromatic N) is 4. The number of H-pyrrole nitrogens is 1. The Kier molecular flexibility index (Phi) is 4.67. The highest BCUT2D eigenvalue weighted by atomic mass is 32.2. The van der Waals surface area contributed by atoms with Gasteiger partial charge < -0.3 is 9.30 Å². The Morgan fingerprint density at radius 2 is 2.21 bits per heavy atom. The first kappa shape index (κ1) is 18.4. The molecule has 3 aromatic heterocycles. The Balaban J connectivity index is 1.35. The molecule has 1 aromatic carbocycles. The summed E-state index contributed by atoms with van der Waals surface area (Å²) in [4.78, 5) is 17.5. The van der Waals surface area contributed by atoms with Crippen LogP contribution in [0.25, 0.3) is 16.8 Å². The lowest BCUT2D eigenvalue weighted by molar-refractivity contribution is 0.0957. The van der Waals surface area contributed by atoms with Crippen molar-refractivity contribution in [2.45, 2.75) is 44.5 Å². The number of aromatic amines is 1. The minimum atomic E-state index is 0.113. The van der Waals surface area contributed by atoms with E-state index in [1.807, 2.05) is 41.7 Å². The van der Waals surface area contributed by atoms with Gasteiger partial charge in [0.05, 0.1) is 22.9 Å². The second-order valence-corrected chi connectivity index (χ2v) is 8.45. The highest BCUT2D eigenvalue weighted by molar-refractivity contribution is 7.99. The van der Waals surface area contributed by atoms with Gasteiger partial charge in [-0.25, -0.2) is 10.1 Å². The van der Waals surface area contributed by atoms with E-state index >= 15 is 0 Å². The molecule has 4 aromatic rings. The normalized spacial score (nSPS) is 17.0. The predicted molar refractivity (Wildman–Crippen MR) is 113 cm³/mol. The van der Waals surface area contributed by atoms with Crippen LogP contribution in [-0.4, -0.2) is 48.4 Å². The molecule has 1 saturated heterocycles. The molecule has 0 radical (unpaired) electrons. The average Bonchev–Trinajstić information content (AvgIpc) is 3.48. The van der Waals surface area contributed by atoms with Crippen LogP contribution >= 0.6 is 11.8 Å². The number of aryl methyl sites for hydroxylation is 1. The number of carbonyl (C=O) groups excluding carboxylic acids is 1. The lowest BCUT2D eigenvalue weighted by Gasteiger charge is -2.14. The number of fused-ring (bicyclic) bond motifs is 3. The monoisotopic (exact) mass is 409 g/mol. The summed E-state index contributed by atoms with van der Waals surface area (Å²) >= 11 is 1.43. The van der Waals surface area contributed by atoms with Gasteiger partial charge in [-0.3, -0.25) is 9.20 Å². The number of benzene rings is 1. The van der Waals surface area contributed by atoms with Crippen LogP contribution in [0.1, 0.15) is 34.6 Å². The molecule has 1 aliphatic rings. The van der Waals surface area contributed by atoms with E-state index in [1.54, 1.807) is 0 Å². The molecule has 7 nitrogen and oxygen atoms in total. The van der Waals surface area contributed by atoms with Crippen LogP contribution in [0.15, 0.2) is 35.5 Å². The minimum Gasteiger partial charge on any atom is -0.376 e. The number of imidazole rings is 1. The van der Waals surface area contributed by atoms with Gasteiger partial charge in [0.25, 0.3) is 0 Å². The van der Waals surface area contributed by atoms with Crippen LogP contribution in [-0.2, 0) is 11.3 Å². The van der Waals surface area contributed by atoms with Gasteiger partial charge in [0, 0.05) is 30.1 Å². The second kappa shape index (κ2) is 7.35. The SMILES string of the molecule is Cc1cc(C(=O)CSc2n[nH]c3nc4ccccc4n23)c(C)n1CC1CCCO1. The van der Waals surface area contributed by atoms with Crippen molar-refractivity contribution >= 4 is 34.4 Å². The Bertz CT molecular complexity index is 1200. The van der Waals surface area contributed by atoms with Crippen molar-refractivity contribution in [3.63, 3.8) is 0 Å². The van der Waals surface area contributed by atoms with E-state index in [2.05, 4.69) is 26.7 Å². The smallest absolute Gasteiger partial charge is 0.231 e. The number of nitrogens with one attached hydrogen (secondary N) is 1. The molecule has 0 saturated carbocycles. The Hall–Kier alpha value is -2.58. The fourth-order valence-corrected chi connectivity index (χ4v) is 4.94. The molecule has 1 atom stereocenters. The third-order valence-electron chi connectivity index (χ3n) is 5.62. The number of ether oxygens (including phenoxy) is 1. The van der Waals surface area contributed by atoms with Crippen LogP contribution in [0.2, 0.25) is 0 Å². The summed E-state index contributed by atoms with van der Waals surface area (Å²) in [7, 11) is 0. The highest BCUT2D eigenvalue weighted by Crippen LogP contribution is 2.25. The minimum absolute atomic E-state index is 0.113. The number of para-hydroxylation sites is 2. The molecule has 0 spiro atoms. The van der Waals surface area contributed by atoms with Gasteiger partial charge in [-0.15, -0.1) is 5.10 Å². The summed E-state index contributed by atoms with van der Waals surface area (Å²) in [5.74, 6) is 1.13. The van der Waals surface area contributed by atoms with Gasteiger partial charge in [-0.1, -0.05) is 23.9 Å². The van der Waals surface area contributed by atoms with Crippen molar-refractivity contribution < 1.29 is 9.53 Å². The molecule has 29 heavy (non-hydrogen) atoms. The van der Waals surface area contributed by atoms with Crippen LogP contribution in [0.5, 0.6) is 0 Å². The van der Waals surface area contributed by atoms with Crippen molar-refractivity contribution in [2.75, 3.05) is 12.4 Å². The first-order valence-electron chi connectivity index (χ1n) is 9.87. The number of carbonyl (C=O) groups is 1. The molecule has 8 heteroatoms. The van der Waals surface area contributed by atoms with Crippen molar-refractivity contribution in [2.24, 2.45) is 0 Å². The van der Waals surface area contributed by atoms with Gasteiger partial charge in [0.1, 0.15) is 0 Å². The van der Waals surface area contributed by atoms with Crippen molar-refractivity contribution in [1.82, 2.24) is 24.1 Å². The molecule has 0 aliphatic carbocycles. The molecular formula is C21H23N5O2S. The van der Waals surface area contributed by atoms with Gasteiger partial charge in [0.15, 0.2) is 10.9 Å². The molecule has 0 bridgehead atoms. The summed E-state index contributed by atoms with van der Waals surface area (Å²) in [5, 5.41) is 8.05. The Morgan fingerprint density at radius 1 is 1.34 bits per heavy atom. The Morgan fingerprint density at radius 3 is 3.03 bits per heavy atom. The molecule has 1 aliphatic heterocycles. The summed E-state index contributed by atoms with van der Waals surface area (Å²) < 4.78 is 9.95. The molecule has 1 fully saturated rings. The number of hydrogen-bond acceptors (Lipinski definition) is 5. The molecule has 0 amide bonds. The maximum absolute atomic E-state index is 13.0. The topological polar surface area (TPSA) is 77.2 Å².